The number of anilines is 1. The minimum absolute atomic E-state index is 0.0234. The Morgan fingerprint density at radius 3 is 2.65 bits per heavy atom. The van der Waals surface area contributed by atoms with Crippen LogP contribution in [0.3, 0.4) is 0 Å². The quantitative estimate of drug-likeness (QED) is 0.507. The maximum Gasteiger partial charge on any atom is 0.322 e. The average Bonchev–Trinajstić information content (AvgIpc) is 3.29. The molecule has 7 nitrogen and oxygen atoms in total. The van der Waals surface area contributed by atoms with Crippen molar-refractivity contribution in [2.75, 3.05) is 11.9 Å². The van der Waals surface area contributed by atoms with Gasteiger partial charge in [-0.1, -0.05) is 22.0 Å². The summed E-state index contributed by atoms with van der Waals surface area (Å²) in [6, 6.07) is 14.9. The van der Waals surface area contributed by atoms with Crippen molar-refractivity contribution in [2.45, 2.75) is 32.0 Å². The van der Waals surface area contributed by atoms with Crippen LogP contribution < -0.4 is 5.32 Å². The Labute approximate surface area is 189 Å². The molecule has 0 unspecified atom stereocenters. The molecular weight excluding hydrogens is 460 g/mol. The van der Waals surface area contributed by atoms with E-state index in [1.165, 1.54) is 0 Å². The predicted octanol–water partition coefficient (Wildman–Crippen LogP) is 4.61. The molecule has 3 aromatic rings. The molecule has 1 aliphatic carbocycles. The first kappa shape index (κ1) is 21.2. The Morgan fingerprint density at radius 2 is 2.00 bits per heavy atom. The third-order valence-corrected chi connectivity index (χ3v) is 5.81. The fraction of sp³-hybridized carbons (Fsp3) is 0.304. The van der Waals surface area contributed by atoms with E-state index in [-0.39, 0.29) is 24.5 Å². The zero-order valence-corrected chi connectivity index (χ0v) is 18.9. The predicted molar refractivity (Wildman–Crippen MR) is 121 cm³/mol. The Balaban J connectivity index is 1.48. The smallest absolute Gasteiger partial charge is 0.322 e. The van der Waals surface area contributed by atoms with Crippen LogP contribution in [-0.2, 0) is 24.9 Å². The Morgan fingerprint density at radius 1 is 1.16 bits per heavy atom. The number of halogens is 1. The molecule has 4 rings (SSSR count). The molecule has 0 saturated heterocycles. The van der Waals surface area contributed by atoms with Crippen molar-refractivity contribution < 1.29 is 14.0 Å². The molecule has 0 spiro atoms. The molecule has 1 saturated carbocycles. The lowest BCUT2D eigenvalue weighted by Gasteiger charge is -2.27. The van der Waals surface area contributed by atoms with Crippen molar-refractivity contribution in [2.24, 2.45) is 7.05 Å². The van der Waals surface area contributed by atoms with Gasteiger partial charge in [-0.2, -0.15) is 0 Å². The zero-order chi connectivity index (χ0) is 21.8. The normalized spacial score (nSPS) is 13.1. The highest BCUT2D eigenvalue weighted by atomic mass is 79.9. The average molecular weight is 485 g/mol. The van der Waals surface area contributed by atoms with Crippen LogP contribution in [-0.4, -0.2) is 38.9 Å². The van der Waals surface area contributed by atoms with Crippen molar-refractivity contribution in [3.63, 3.8) is 0 Å². The number of aromatic nitrogens is 1. The summed E-state index contributed by atoms with van der Waals surface area (Å²) in [4.78, 5) is 29.6. The van der Waals surface area contributed by atoms with Gasteiger partial charge in [0.15, 0.2) is 0 Å². The van der Waals surface area contributed by atoms with E-state index in [0.717, 1.165) is 23.0 Å². The monoisotopic (exact) mass is 484 g/mol. The number of carbonyl (C=O) groups is 2. The standard InChI is InChI=1S/C23H25BrN4O3/c1-26-11-3-7-20(26)14-27(15-21-8-4-12-31-21)22(29)16-28(19-9-10-19)23(30)25-18-6-2-5-17(24)13-18/h2-8,11-13,19H,9-10,14-16H2,1H3,(H,25,30). The summed E-state index contributed by atoms with van der Waals surface area (Å²) < 4.78 is 8.34. The zero-order valence-electron chi connectivity index (χ0n) is 17.3. The number of urea groups is 1. The van der Waals surface area contributed by atoms with Crippen LogP contribution in [0.1, 0.15) is 24.3 Å². The van der Waals surface area contributed by atoms with E-state index in [1.807, 2.05) is 66.3 Å². The summed E-state index contributed by atoms with van der Waals surface area (Å²) in [7, 11) is 1.95. The number of rotatable bonds is 8. The van der Waals surface area contributed by atoms with Crippen molar-refractivity contribution in [1.82, 2.24) is 14.4 Å². The SMILES string of the molecule is Cn1cccc1CN(Cc1ccco1)C(=O)CN(C(=O)Nc1cccc(Br)c1)C1CC1. The summed E-state index contributed by atoms with van der Waals surface area (Å²) >= 11 is 3.42. The van der Waals surface area contributed by atoms with Gasteiger partial charge in [0.1, 0.15) is 12.3 Å². The lowest BCUT2D eigenvalue weighted by Crippen LogP contribution is -2.45. The molecule has 1 fully saturated rings. The van der Waals surface area contributed by atoms with Gasteiger partial charge in [-0.05, 0) is 55.3 Å². The lowest BCUT2D eigenvalue weighted by atomic mass is 10.3. The Kier molecular flexibility index (Phi) is 6.46. The van der Waals surface area contributed by atoms with Gasteiger partial charge < -0.3 is 24.1 Å². The molecule has 0 bridgehead atoms. The number of benzene rings is 1. The molecule has 0 atom stereocenters. The lowest BCUT2D eigenvalue weighted by molar-refractivity contribution is -0.133. The third kappa shape index (κ3) is 5.58. The molecule has 2 aromatic heterocycles. The third-order valence-electron chi connectivity index (χ3n) is 5.31. The van der Waals surface area contributed by atoms with Gasteiger partial charge in [-0.25, -0.2) is 4.79 Å². The van der Waals surface area contributed by atoms with Gasteiger partial charge in [0.05, 0.1) is 19.4 Å². The highest BCUT2D eigenvalue weighted by molar-refractivity contribution is 9.10. The van der Waals surface area contributed by atoms with Crippen LogP contribution in [0.4, 0.5) is 10.5 Å². The molecule has 1 aliphatic rings. The Hall–Kier alpha value is -3.00. The first-order chi connectivity index (χ1) is 15.0. The molecular formula is C23H25BrN4O3. The number of nitrogens with one attached hydrogen (secondary N) is 1. The van der Waals surface area contributed by atoms with Gasteiger partial charge in [0.2, 0.25) is 5.91 Å². The van der Waals surface area contributed by atoms with Gasteiger partial charge in [-0.15, -0.1) is 0 Å². The van der Waals surface area contributed by atoms with Crippen LogP contribution in [0.15, 0.2) is 69.9 Å². The number of hydrogen-bond acceptors (Lipinski definition) is 3. The number of furan rings is 1. The van der Waals surface area contributed by atoms with Gasteiger partial charge in [-0.3, -0.25) is 4.79 Å². The van der Waals surface area contributed by atoms with E-state index < -0.39 is 0 Å². The summed E-state index contributed by atoms with van der Waals surface area (Å²) in [5.41, 5.74) is 1.70. The molecule has 2 heterocycles. The Bertz CT molecular complexity index is 1040. The van der Waals surface area contributed by atoms with E-state index in [2.05, 4.69) is 21.2 Å². The number of nitrogens with zero attached hydrogens (tertiary/aromatic N) is 3. The number of hydrogen-bond donors (Lipinski definition) is 1. The maximum atomic E-state index is 13.3. The van der Waals surface area contributed by atoms with Crippen LogP contribution in [0.25, 0.3) is 0 Å². The molecule has 8 heteroatoms. The summed E-state index contributed by atoms with van der Waals surface area (Å²) in [5, 5.41) is 2.91. The number of carbonyl (C=O) groups excluding carboxylic acids is 2. The molecule has 1 N–H and O–H groups in total. The molecule has 31 heavy (non-hydrogen) atoms. The fourth-order valence-corrected chi connectivity index (χ4v) is 3.84. The largest absolute Gasteiger partial charge is 0.467 e. The summed E-state index contributed by atoms with van der Waals surface area (Å²) in [5.74, 6) is 0.591. The highest BCUT2D eigenvalue weighted by Gasteiger charge is 2.35. The molecule has 0 radical (unpaired) electrons. The minimum Gasteiger partial charge on any atom is -0.467 e. The molecule has 162 valence electrons. The fourth-order valence-electron chi connectivity index (χ4n) is 3.44. The van der Waals surface area contributed by atoms with E-state index >= 15 is 0 Å². The van der Waals surface area contributed by atoms with Crippen LogP contribution >= 0.6 is 15.9 Å². The van der Waals surface area contributed by atoms with E-state index in [0.29, 0.717) is 24.5 Å². The second-order valence-corrected chi connectivity index (χ2v) is 8.65. The van der Waals surface area contributed by atoms with Gasteiger partial charge in [0.25, 0.3) is 0 Å². The maximum absolute atomic E-state index is 13.3. The second kappa shape index (κ2) is 9.43. The summed E-state index contributed by atoms with van der Waals surface area (Å²) in [6.07, 6.45) is 5.37. The van der Waals surface area contributed by atoms with Gasteiger partial charge in [0, 0.05) is 35.1 Å². The van der Waals surface area contributed by atoms with Crippen LogP contribution in [0, 0.1) is 0 Å². The topological polar surface area (TPSA) is 70.7 Å². The first-order valence-corrected chi connectivity index (χ1v) is 11.0. The second-order valence-electron chi connectivity index (χ2n) is 7.74. The first-order valence-electron chi connectivity index (χ1n) is 10.2. The molecule has 1 aromatic carbocycles. The van der Waals surface area contributed by atoms with Crippen molar-refractivity contribution in [1.29, 1.82) is 0 Å². The number of aryl methyl sites for hydroxylation is 1. The van der Waals surface area contributed by atoms with E-state index in [9.17, 15) is 9.59 Å². The summed E-state index contributed by atoms with van der Waals surface area (Å²) in [6.45, 7) is 0.813. The minimum atomic E-state index is -0.259. The number of amides is 3. The van der Waals surface area contributed by atoms with Gasteiger partial charge >= 0.3 is 6.03 Å². The highest BCUT2D eigenvalue weighted by Crippen LogP contribution is 2.28. The van der Waals surface area contributed by atoms with Crippen LogP contribution in [0.2, 0.25) is 0 Å². The van der Waals surface area contributed by atoms with Crippen molar-refractivity contribution in [3.05, 3.63) is 76.9 Å². The van der Waals surface area contributed by atoms with E-state index in [4.69, 9.17) is 4.42 Å². The molecule has 3 amide bonds. The van der Waals surface area contributed by atoms with Crippen LogP contribution in [0.5, 0.6) is 0 Å². The van der Waals surface area contributed by atoms with E-state index in [1.54, 1.807) is 16.1 Å². The van der Waals surface area contributed by atoms with Crippen molar-refractivity contribution in [3.8, 4) is 0 Å². The molecule has 0 aliphatic heterocycles. The van der Waals surface area contributed by atoms with Crippen molar-refractivity contribution >= 4 is 33.6 Å².